The van der Waals surface area contributed by atoms with E-state index >= 15 is 0 Å². The van der Waals surface area contributed by atoms with E-state index in [4.69, 9.17) is 9.47 Å². The van der Waals surface area contributed by atoms with E-state index in [1.54, 1.807) is 6.07 Å². The number of carbonyl (C=O) groups excluding carboxylic acids is 1. The van der Waals surface area contributed by atoms with Crippen molar-refractivity contribution in [2.45, 2.75) is 12.6 Å². The molecule has 1 aromatic carbocycles. The normalized spacial score (nSPS) is 11.4. The lowest BCUT2D eigenvalue weighted by Crippen LogP contribution is -2.12. The zero-order chi connectivity index (χ0) is 19.4. The number of hydrogen-bond donors (Lipinski definition) is 1. The number of nitrogens with zero attached hydrogens (tertiary/aromatic N) is 2. The number of alkyl halides is 3. The summed E-state index contributed by atoms with van der Waals surface area (Å²) in [5.41, 5.74) is -0.185. The number of halogens is 3. The van der Waals surface area contributed by atoms with Gasteiger partial charge in [-0.2, -0.15) is 18.3 Å². The maximum atomic E-state index is 12.8. The number of nitrogens with one attached hydrogen (secondary N) is 1. The Morgan fingerprint density at radius 3 is 2.81 bits per heavy atom. The number of benzene rings is 1. The molecule has 0 spiro atoms. The van der Waals surface area contributed by atoms with Gasteiger partial charge in [-0.3, -0.25) is 5.10 Å². The van der Waals surface area contributed by atoms with Crippen LogP contribution in [0, 0.1) is 0 Å². The molecule has 3 rings (SSSR count). The van der Waals surface area contributed by atoms with Crippen molar-refractivity contribution in [3.63, 3.8) is 0 Å². The van der Waals surface area contributed by atoms with Crippen LogP contribution in [0.2, 0.25) is 0 Å². The quantitative estimate of drug-likeness (QED) is 0.637. The number of hydrogen-bond acceptors (Lipinski definition) is 6. The molecule has 0 atom stereocenters. The standard InChI is InChI=1S/C17H14F3N3O3S/c1-25-13-5-3-2-4-11(13)15-22-12(9-27-15)16(24)26-7-6-10-8-21-23-14(10)17(18,19)20/h2-5,8-9H,6-7H2,1H3,(H,21,23). The highest BCUT2D eigenvalue weighted by atomic mass is 32.1. The summed E-state index contributed by atoms with van der Waals surface area (Å²) in [4.78, 5) is 16.3. The maximum Gasteiger partial charge on any atom is 0.433 e. The Morgan fingerprint density at radius 1 is 1.30 bits per heavy atom. The molecule has 0 saturated carbocycles. The summed E-state index contributed by atoms with van der Waals surface area (Å²) in [5.74, 6) is -0.0872. The van der Waals surface area contributed by atoms with Crippen LogP contribution in [0.25, 0.3) is 10.6 Å². The van der Waals surface area contributed by atoms with Crippen LogP contribution in [0.1, 0.15) is 21.7 Å². The molecule has 0 fully saturated rings. The van der Waals surface area contributed by atoms with Crippen molar-refractivity contribution in [2.75, 3.05) is 13.7 Å². The minimum absolute atomic E-state index is 0.0664. The van der Waals surface area contributed by atoms with Gasteiger partial charge in [0.2, 0.25) is 0 Å². The van der Waals surface area contributed by atoms with Gasteiger partial charge >= 0.3 is 12.1 Å². The molecular formula is C17H14F3N3O3S. The molecule has 27 heavy (non-hydrogen) atoms. The van der Waals surface area contributed by atoms with Gasteiger partial charge in [0, 0.05) is 17.4 Å². The van der Waals surface area contributed by atoms with Crippen LogP contribution in [0.5, 0.6) is 5.75 Å². The Hall–Kier alpha value is -2.88. The van der Waals surface area contributed by atoms with Crippen LogP contribution in [0.3, 0.4) is 0 Å². The Balaban J connectivity index is 1.63. The summed E-state index contributed by atoms with van der Waals surface area (Å²) in [6.07, 6.45) is -3.58. The summed E-state index contributed by atoms with van der Waals surface area (Å²) in [6.45, 7) is -0.219. The molecule has 0 aliphatic rings. The molecule has 0 amide bonds. The Morgan fingerprint density at radius 2 is 2.07 bits per heavy atom. The first-order chi connectivity index (χ1) is 12.9. The monoisotopic (exact) mass is 397 g/mol. The van der Waals surface area contributed by atoms with Gasteiger partial charge in [0.05, 0.1) is 25.5 Å². The molecule has 3 aromatic rings. The number of methoxy groups -OCH3 is 1. The van der Waals surface area contributed by atoms with Gasteiger partial charge in [0.1, 0.15) is 16.5 Å². The van der Waals surface area contributed by atoms with Crippen molar-refractivity contribution in [1.82, 2.24) is 15.2 Å². The minimum atomic E-state index is -4.53. The van der Waals surface area contributed by atoms with Crippen molar-refractivity contribution in [1.29, 1.82) is 0 Å². The summed E-state index contributed by atoms with van der Waals surface area (Å²) < 4.78 is 48.6. The van der Waals surface area contributed by atoms with Crippen molar-refractivity contribution < 1.29 is 27.4 Å². The summed E-state index contributed by atoms with van der Waals surface area (Å²) >= 11 is 1.24. The van der Waals surface area contributed by atoms with Gasteiger partial charge in [-0.25, -0.2) is 9.78 Å². The second-order valence-electron chi connectivity index (χ2n) is 5.39. The lowest BCUT2D eigenvalue weighted by Gasteiger charge is -2.07. The molecule has 0 radical (unpaired) electrons. The van der Waals surface area contributed by atoms with Crippen LogP contribution < -0.4 is 4.74 Å². The second-order valence-corrected chi connectivity index (χ2v) is 6.25. The predicted molar refractivity (Wildman–Crippen MR) is 91.7 cm³/mol. The van der Waals surface area contributed by atoms with Crippen molar-refractivity contribution in [3.05, 3.63) is 52.8 Å². The number of esters is 1. The fourth-order valence-electron chi connectivity index (χ4n) is 2.39. The largest absolute Gasteiger partial charge is 0.496 e. The van der Waals surface area contributed by atoms with Crippen LogP contribution in [0.4, 0.5) is 13.2 Å². The number of H-pyrrole nitrogens is 1. The van der Waals surface area contributed by atoms with E-state index in [0.717, 1.165) is 11.8 Å². The lowest BCUT2D eigenvalue weighted by atomic mass is 10.2. The van der Waals surface area contributed by atoms with Gasteiger partial charge in [-0.1, -0.05) is 12.1 Å². The van der Waals surface area contributed by atoms with E-state index in [-0.39, 0.29) is 24.3 Å². The third-order valence-electron chi connectivity index (χ3n) is 3.66. The molecule has 6 nitrogen and oxygen atoms in total. The van der Waals surface area contributed by atoms with E-state index in [9.17, 15) is 18.0 Å². The second kappa shape index (κ2) is 7.78. The van der Waals surface area contributed by atoms with Crippen LogP contribution >= 0.6 is 11.3 Å². The van der Waals surface area contributed by atoms with Gasteiger partial charge in [0.25, 0.3) is 0 Å². The molecular weight excluding hydrogens is 383 g/mol. The average molecular weight is 397 g/mol. The highest BCUT2D eigenvalue weighted by Gasteiger charge is 2.35. The minimum Gasteiger partial charge on any atom is -0.496 e. The Kier molecular flexibility index (Phi) is 5.45. The number of para-hydroxylation sites is 1. The summed E-state index contributed by atoms with van der Waals surface area (Å²) in [5, 5.41) is 7.41. The van der Waals surface area contributed by atoms with E-state index < -0.39 is 17.8 Å². The molecule has 0 unspecified atom stereocenters. The molecule has 142 valence electrons. The number of carbonyl (C=O) groups is 1. The highest BCUT2D eigenvalue weighted by Crippen LogP contribution is 2.32. The SMILES string of the molecule is COc1ccccc1-c1nc(C(=O)OCCc2cn[nH]c2C(F)(F)F)cs1. The van der Waals surface area contributed by atoms with Crippen molar-refractivity contribution >= 4 is 17.3 Å². The first-order valence-electron chi connectivity index (χ1n) is 7.75. The molecule has 0 saturated heterocycles. The zero-order valence-corrected chi connectivity index (χ0v) is 14.9. The smallest absolute Gasteiger partial charge is 0.433 e. The number of rotatable bonds is 6. The van der Waals surface area contributed by atoms with Gasteiger partial charge in [-0.15, -0.1) is 11.3 Å². The topological polar surface area (TPSA) is 77.1 Å². The van der Waals surface area contributed by atoms with E-state index in [1.165, 1.54) is 23.8 Å². The average Bonchev–Trinajstić information content (AvgIpc) is 3.30. The molecule has 0 bridgehead atoms. The van der Waals surface area contributed by atoms with Crippen LogP contribution in [0.15, 0.2) is 35.8 Å². The molecule has 10 heteroatoms. The zero-order valence-electron chi connectivity index (χ0n) is 14.0. The maximum absolute atomic E-state index is 12.8. The predicted octanol–water partition coefficient (Wildman–Crippen LogP) is 3.96. The molecule has 2 heterocycles. The fourth-order valence-corrected chi connectivity index (χ4v) is 3.21. The highest BCUT2D eigenvalue weighted by molar-refractivity contribution is 7.13. The first-order valence-corrected chi connectivity index (χ1v) is 8.63. The third-order valence-corrected chi connectivity index (χ3v) is 4.53. The fraction of sp³-hybridized carbons (Fsp3) is 0.235. The number of ether oxygens (including phenoxy) is 2. The van der Waals surface area contributed by atoms with Gasteiger partial charge < -0.3 is 9.47 Å². The summed E-state index contributed by atoms with van der Waals surface area (Å²) in [6, 6.07) is 7.22. The molecule has 1 N–H and O–H groups in total. The van der Waals surface area contributed by atoms with Crippen molar-refractivity contribution in [3.8, 4) is 16.3 Å². The van der Waals surface area contributed by atoms with Crippen LogP contribution in [-0.4, -0.2) is 34.9 Å². The number of aromatic nitrogens is 3. The molecule has 0 aliphatic heterocycles. The summed E-state index contributed by atoms with van der Waals surface area (Å²) in [7, 11) is 1.53. The number of thiazole rings is 1. The third kappa shape index (κ3) is 4.27. The number of aromatic amines is 1. The Bertz CT molecular complexity index is 937. The van der Waals surface area contributed by atoms with Crippen LogP contribution in [-0.2, 0) is 17.3 Å². The first kappa shape index (κ1) is 18.9. The van der Waals surface area contributed by atoms with E-state index in [2.05, 4.69) is 10.1 Å². The Labute approximate surface area is 156 Å². The molecule has 0 aliphatic carbocycles. The molecule has 2 aromatic heterocycles. The van der Waals surface area contributed by atoms with Gasteiger partial charge in [0.15, 0.2) is 5.69 Å². The van der Waals surface area contributed by atoms with Gasteiger partial charge in [-0.05, 0) is 12.1 Å². The lowest BCUT2D eigenvalue weighted by molar-refractivity contribution is -0.141. The van der Waals surface area contributed by atoms with E-state index in [1.807, 2.05) is 23.3 Å². The van der Waals surface area contributed by atoms with E-state index in [0.29, 0.717) is 10.8 Å². The van der Waals surface area contributed by atoms with Crippen molar-refractivity contribution in [2.24, 2.45) is 0 Å².